The number of rotatable bonds is 7. The van der Waals surface area contributed by atoms with E-state index in [0.717, 1.165) is 49.9 Å². The third kappa shape index (κ3) is 5.97. The van der Waals surface area contributed by atoms with Crippen LogP contribution in [0.5, 0.6) is 0 Å². The molecule has 7 heteroatoms. The monoisotopic (exact) mass is 389 g/mol. The van der Waals surface area contributed by atoms with Crippen molar-refractivity contribution in [3.05, 3.63) is 53.2 Å². The van der Waals surface area contributed by atoms with Gasteiger partial charge in [0.1, 0.15) is 10.9 Å². The largest absolute Gasteiger partial charge is 0.468 e. The number of pyridine rings is 1. The van der Waals surface area contributed by atoms with E-state index in [-0.39, 0.29) is 6.04 Å². The Kier molecular flexibility index (Phi) is 7.54. The first-order valence-corrected chi connectivity index (χ1v) is 9.96. The number of aliphatic imine (C=N–C) groups is 1. The Bertz CT molecular complexity index is 696. The highest BCUT2D eigenvalue weighted by atomic mass is 35.5. The second-order valence-corrected chi connectivity index (χ2v) is 7.13. The van der Waals surface area contributed by atoms with Crippen LogP contribution in [0.4, 0.5) is 0 Å². The van der Waals surface area contributed by atoms with Gasteiger partial charge >= 0.3 is 0 Å². The fraction of sp³-hybridized carbons (Fsp3) is 0.500. The van der Waals surface area contributed by atoms with E-state index in [4.69, 9.17) is 16.0 Å². The number of halogens is 1. The number of guanidine groups is 1. The Labute approximate surface area is 166 Å². The average Bonchev–Trinajstić information content (AvgIpc) is 3.23. The highest BCUT2D eigenvalue weighted by Crippen LogP contribution is 2.24. The number of nitrogens with one attached hydrogen (secondary N) is 2. The molecule has 1 fully saturated rings. The van der Waals surface area contributed by atoms with Crippen LogP contribution in [-0.4, -0.2) is 49.1 Å². The predicted octanol–water partition coefficient (Wildman–Crippen LogP) is 3.26. The minimum absolute atomic E-state index is 0.222. The molecule has 2 N–H and O–H groups in total. The fourth-order valence-electron chi connectivity index (χ4n) is 3.41. The highest BCUT2D eigenvalue weighted by Gasteiger charge is 2.24. The minimum atomic E-state index is 0.222. The van der Waals surface area contributed by atoms with Crippen molar-refractivity contribution in [3.8, 4) is 0 Å². The molecule has 0 amide bonds. The van der Waals surface area contributed by atoms with Gasteiger partial charge in [0.25, 0.3) is 0 Å². The Morgan fingerprint density at radius 2 is 2.11 bits per heavy atom. The Morgan fingerprint density at radius 3 is 2.78 bits per heavy atom. The molecule has 3 heterocycles. The lowest BCUT2D eigenvalue weighted by Gasteiger charge is -2.33. The summed E-state index contributed by atoms with van der Waals surface area (Å²) in [7, 11) is 1.79. The van der Waals surface area contributed by atoms with Gasteiger partial charge in [-0.05, 0) is 56.1 Å². The molecule has 0 spiro atoms. The van der Waals surface area contributed by atoms with Gasteiger partial charge in [0.2, 0.25) is 0 Å². The smallest absolute Gasteiger partial charge is 0.191 e. The molecule has 0 radical (unpaired) electrons. The van der Waals surface area contributed by atoms with Gasteiger partial charge in [-0.3, -0.25) is 9.89 Å². The quantitative estimate of drug-likeness (QED) is 0.432. The van der Waals surface area contributed by atoms with E-state index in [0.29, 0.717) is 5.15 Å². The molecular weight excluding hydrogens is 362 g/mol. The summed E-state index contributed by atoms with van der Waals surface area (Å²) in [6, 6.07) is 8.05. The van der Waals surface area contributed by atoms with E-state index < -0.39 is 0 Å². The van der Waals surface area contributed by atoms with Crippen molar-refractivity contribution in [2.24, 2.45) is 4.99 Å². The second-order valence-electron chi connectivity index (χ2n) is 6.75. The molecule has 0 aromatic carbocycles. The van der Waals surface area contributed by atoms with Crippen molar-refractivity contribution in [2.45, 2.75) is 31.7 Å². The predicted molar refractivity (Wildman–Crippen MR) is 109 cm³/mol. The van der Waals surface area contributed by atoms with Gasteiger partial charge in [-0.1, -0.05) is 24.1 Å². The molecule has 0 aliphatic carbocycles. The van der Waals surface area contributed by atoms with E-state index in [2.05, 4.69) is 31.6 Å². The maximum Gasteiger partial charge on any atom is 0.191 e. The molecule has 146 valence electrons. The van der Waals surface area contributed by atoms with E-state index in [1.807, 2.05) is 24.4 Å². The lowest BCUT2D eigenvalue weighted by molar-refractivity contribution is 0.146. The number of likely N-dealkylation sites (tertiary alicyclic amines) is 1. The first-order valence-electron chi connectivity index (χ1n) is 9.58. The zero-order valence-corrected chi connectivity index (χ0v) is 16.6. The van der Waals surface area contributed by atoms with E-state index >= 15 is 0 Å². The topological polar surface area (TPSA) is 65.7 Å². The van der Waals surface area contributed by atoms with Crippen molar-refractivity contribution in [1.82, 2.24) is 20.5 Å². The van der Waals surface area contributed by atoms with Gasteiger partial charge in [0.05, 0.1) is 12.3 Å². The van der Waals surface area contributed by atoms with Crippen LogP contribution >= 0.6 is 11.6 Å². The fourth-order valence-corrected chi connectivity index (χ4v) is 3.53. The van der Waals surface area contributed by atoms with Crippen molar-refractivity contribution >= 4 is 17.6 Å². The zero-order valence-electron chi connectivity index (χ0n) is 15.8. The molecule has 2 aromatic rings. The molecule has 2 aromatic heterocycles. The third-order valence-electron chi connectivity index (χ3n) is 4.88. The molecule has 0 saturated carbocycles. The van der Waals surface area contributed by atoms with Crippen LogP contribution in [0.1, 0.15) is 36.6 Å². The summed E-state index contributed by atoms with van der Waals surface area (Å²) in [6.07, 6.45) is 8.23. The molecule has 1 atom stereocenters. The molecule has 0 bridgehead atoms. The maximum atomic E-state index is 5.83. The van der Waals surface area contributed by atoms with Crippen molar-refractivity contribution in [2.75, 3.05) is 33.2 Å². The van der Waals surface area contributed by atoms with Gasteiger partial charge in [-0.2, -0.15) is 0 Å². The number of furan rings is 1. The summed E-state index contributed by atoms with van der Waals surface area (Å²) in [6.45, 7) is 3.76. The highest BCUT2D eigenvalue weighted by molar-refractivity contribution is 6.29. The average molecular weight is 390 g/mol. The number of nitrogens with zero attached hydrogens (tertiary/aromatic N) is 3. The van der Waals surface area contributed by atoms with Crippen LogP contribution in [-0.2, 0) is 6.42 Å². The van der Waals surface area contributed by atoms with Gasteiger partial charge < -0.3 is 15.1 Å². The first-order chi connectivity index (χ1) is 13.3. The number of piperidine rings is 1. The molecule has 1 aliphatic heterocycles. The zero-order chi connectivity index (χ0) is 18.9. The molecule has 6 nitrogen and oxygen atoms in total. The van der Waals surface area contributed by atoms with Gasteiger partial charge in [-0.15, -0.1) is 0 Å². The Balaban J connectivity index is 1.50. The third-order valence-corrected chi connectivity index (χ3v) is 5.11. The minimum Gasteiger partial charge on any atom is -0.468 e. The van der Waals surface area contributed by atoms with Crippen LogP contribution in [0.15, 0.2) is 46.1 Å². The summed E-state index contributed by atoms with van der Waals surface area (Å²) in [5.41, 5.74) is 1.14. The van der Waals surface area contributed by atoms with Gasteiger partial charge in [-0.25, -0.2) is 4.98 Å². The van der Waals surface area contributed by atoms with Gasteiger partial charge in [0.15, 0.2) is 5.96 Å². The maximum absolute atomic E-state index is 5.83. The second kappa shape index (κ2) is 10.3. The summed E-state index contributed by atoms with van der Waals surface area (Å²) >= 11 is 5.83. The van der Waals surface area contributed by atoms with E-state index in [1.165, 1.54) is 19.3 Å². The van der Waals surface area contributed by atoms with Crippen molar-refractivity contribution < 1.29 is 4.42 Å². The molecular formula is C20H28ClN5O. The number of aromatic nitrogens is 1. The first kappa shape index (κ1) is 19.7. The lowest BCUT2D eigenvalue weighted by Crippen LogP contribution is -2.44. The lowest BCUT2D eigenvalue weighted by atomic mass is 10.1. The standard InChI is InChI=1S/C20H28ClN5O/c1-22-20(23-10-9-16-7-8-19(21)24-14-16)25-15-17(18-6-5-13-27-18)26-11-3-2-4-12-26/h5-8,13-14,17H,2-4,9-12,15H2,1H3,(H2,22,23,25). The van der Waals surface area contributed by atoms with Crippen LogP contribution < -0.4 is 10.6 Å². The van der Waals surface area contributed by atoms with Crippen LogP contribution in [0, 0.1) is 0 Å². The summed E-state index contributed by atoms with van der Waals surface area (Å²) in [4.78, 5) is 11.0. The molecule has 1 saturated heterocycles. The van der Waals surface area contributed by atoms with Crippen molar-refractivity contribution in [1.29, 1.82) is 0 Å². The summed E-state index contributed by atoms with van der Waals surface area (Å²) < 4.78 is 5.70. The van der Waals surface area contributed by atoms with E-state index in [9.17, 15) is 0 Å². The Hall–Kier alpha value is -2.05. The van der Waals surface area contributed by atoms with Crippen LogP contribution in [0.25, 0.3) is 0 Å². The summed E-state index contributed by atoms with van der Waals surface area (Å²) in [5.74, 6) is 1.80. The summed E-state index contributed by atoms with van der Waals surface area (Å²) in [5, 5.41) is 7.34. The van der Waals surface area contributed by atoms with Crippen LogP contribution in [0.3, 0.4) is 0 Å². The normalized spacial score (nSPS) is 16.9. The molecule has 3 rings (SSSR count). The molecule has 27 heavy (non-hydrogen) atoms. The van der Waals surface area contributed by atoms with Crippen LogP contribution in [0.2, 0.25) is 5.15 Å². The Morgan fingerprint density at radius 1 is 1.26 bits per heavy atom. The number of hydrogen-bond donors (Lipinski definition) is 2. The van der Waals surface area contributed by atoms with Crippen molar-refractivity contribution in [3.63, 3.8) is 0 Å². The van der Waals surface area contributed by atoms with Gasteiger partial charge in [0, 0.05) is 26.3 Å². The van der Waals surface area contributed by atoms with E-state index in [1.54, 1.807) is 13.3 Å². The molecule has 1 unspecified atom stereocenters. The molecule has 1 aliphatic rings. The number of hydrogen-bond acceptors (Lipinski definition) is 4. The SMILES string of the molecule is CN=C(NCCc1ccc(Cl)nc1)NCC(c1ccco1)N1CCCCC1.